The van der Waals surface area contributed by atoms with E-state index >= 15 is 0 Å². The number of nitrogens with zero attached hydrogens (tertiary/aromatic N) is 1. The van der Waals surface area contributed by atoms with Gasteiger partial charge in [-0.2, -0.15) is 5.90 Å². The summed E-state index contributed by atoms with van der Waals surface area (Å²) in [4.78, 5) is 18.9. The summed E-state index contributed by atoms with van der Waals surface area (Å²) in [6.45, 7) is 4.40. The van der Waals surface area contributed by atoms with Crippen molar-refractivity contribution in [3.8, 4) is 11.5 Å². The van der Waals surface area contributed by atoms with Crippen molar-refractivity contribution in [1.29, 1.82) is 0 Å². The lowest BCUT2D eigenvalue weighted by Gasteiger charge is -2.23. The first-order valence-electron chi connectivity index (χ1n) is 8.53. The molecule has 7 nitrogen and oxygen atoms in total. The molecule has 0 unspecified atom stereocenters. The number of benzene rings is 2. The molecule has 142 valence electrons. The molecule has 1 aliphatic rings. The second-order valence-corrected chi connectivity index (χ2v) is 5.87. The summed E-state index contributed by atoms with van der Waals surface area (Å²) in [5.74, 6) is 7.44. The van der Waals surface area contributed by atoms with Crippen molar-refractivity contribution in [3.05, 3.63) is 53.6 Å². The molecule has 27 heavy (non-hydrogen) atoms. The van der Waals surface area contributed by atoms with Crippen molar-refractivity contribution in [2.45, 2.75) is 13.8 Å². The van der Waals surface area contributed by atoms with Gasteiger partial charge >= 0.3 is 6.09 Å². The number of allylic oxidation sites excluding steroid dienone is 1. The van der Waals surface area contributed by atoms with E-state index in [-0.39, 0.29) is 6.79 Å². The molecule has 0 saturated carbocycles. The normalized spacial score (nSPS) is 13.0. The molecular weight excluding hydrogens is 348 g/mol. The molecular formula is C20H22N2O5. The van der Waals surface area contributed by atoms with Crippen LogP contribution in [0.1, 0.15) is 25.0 Å². The number of anilines is 1. The number of carbonyl (C=O) groups excluding carboxylic acids is 1. The fourth-order valence-electron chi connectivity index (χ4n) is 3.02. The Labute approximate surface area is 157 Å². The molecule has 1 aliphatic heterocycles. The predicted octanol–water partition coefficient (Wildman–Crippen LogP) is 3.79. The van der Waals surface area contributed by atoms with E-state index in [0.29, 0.717) is 35.1 Å². The van der Waals surface area contributed by atoms with Crippen LogP contribution in [0.3, 0.4) is 0 Å². The van der Waals surface area contributed by atoms with Crippen LogP contribution in [0.15, 0.2) is 42.5 Å². The molecule has 7 heteroatoms. The van der Waals surface area contributed by atoms with Crippen molar-refractivity contribution in [2.24, 2.45) is 5.90 Å². The number of nitrogens with two attached hydrogens (primary N) is 1. The van der Waals surface area contributed by atoms with E-state index in [2.05, 4.69) is 0 Å². The molecule has 3 rings (SSSR count). The molecule has 2 N–H and O–H groups in total. The second-order valence-electron chi connectivity index (χ2n) is 5.87. The van der Waals surface area contributed by atoms with E-state index in [0.717, 1.165) is 11.1 Å². The fraction of sp³-hybridized carbons (Fsp3) is 0.250. The average Bonchev–Trinajstić information content (AvgIpc) is 3.17. The molecule has 0 atom stereocenters. The zero-order chi connectivity index (χ0) is 19.4. The molecule has 1 heterocycles. The van der Waals surface area contributed by atoms with Crippen molar-refractivity contribution in [2.75, 3.05) is 25.3 Å². The zero-order valence-corrected chi connectivity index (χ0v) is 15.5. The van der Waals surface area contributed by atoms with Crippen LogP contribution in [-0.2, 0) is 9.57 Å². The number of para-hydroxylation sites is 1. The highest BCUT2D eigenvalue weighted by Gasteiger charge is 2.22. The maximum atomic E-state index is 12.2. The Morgan fingerprint density at radius 2 is 1.93 bits per heavy atom. The van der Waals surface area contributed by atoms with Crippen LogP contribution in [0.25, 0.3) is 11.3 Å². The van der Waals surface area contributed by atoms with Crippen LogP contribution in [0.2, 0.25) is 0 Å². The molecule has 0 saturated heterocycles. The third-order valence-electron chi connectivity index (χ3n) is 4.41. The third-order valence-corrected chi connectivity index (χ3v) is 4.41. The van der Waals surface area contributed by atoms with Crippen LogP contribution in [0.4, 0.5) is 10.5 Å². The van der Waals surface area contributed by atoms with Gasteiger partial charge in [-0.3, -0.25) is 4.90 Å². The van der Waals surface area contributed by atoms with Gasteiger partial charge in [0, 0.05) is 17.7 Å². The van der Waals surface area contributed by atoms with Gasteiger partial charge in [-0.25, -0.2) is 4.79 Å². The molecule has 0 fully saturated rings. The fourth-order valence-corrected chi connectivity index (χ4v) is 3.02. The summed E-state index contributed by atoms with van der Waals surface area (Å²) in [5.41, 5.74) is 2.99. The van der Waals surface area contributed by atoms with Gasteiger partial charge in [0.2, 0.25) is 6.79 Å². The minimum atomic E-state index is -0.456. The highest BCUT2D eigenvalue weighted by atomic mass is 16.7. The number of ether oxygens (including phenoxy) is 3. The van der Waals surface area contributed by atoms with Gasteiger partial charge in [0.05, 0.1) is 12.8 Å². The topological polar surface area (TPSA) is 83.3 Å². The van der Waals surface area contributed by atoms with Gasteiger partial charge in [0.25, 0.3) is 0 Å². The van der Waals surface area contributed by atoms with Gasteiger partial charge in [0.1, 0.15) is 0 Å². The van der Waals surface area contributed by atoms with Crippen LogP contribution < -0.4 is 20.3 Å². The molecule has 0 aromatic heterocycles. The van der Waals surface area contributed by atoms with Crippen molar-refractivity contribution in [3.63, 3.8) is 0 Å². The predicted molar refractivity (Wildman–Crippen MR) is 102 cm³/mol. The first kappa shape index (κ1) is 18.6. The third kappa shape index (κ3) is 3.54. The Balaban J connectivity index is 2.10. The van der Waals surface area contributed by atoms with Crippen molar-refractivity contribution in [1.82, 2.24) is 0 Å². The van der Waals surface area contributed by atoms with E-state index in [1.807, 2.05) is 56.3 Å². The molecule has 0 aliphatic carbocycles. The molecule has 0 radical (unpaired) electrons. The van der Waals surface area contributed by atoms with E-state index in [9.17, 15) is 4.79 Å². The molecule has 2 aromatic rings. The number of hydrogen-bond acceptors (Lipinski definition) is 6. The highest BCUT2D eigenvalue weighted by Crippen LogP contribution is 2.38. The molecule has 0 spiro atoms. The summed E-state index contributed by atoms with van der Waals surface area (Å²) in [6.07, 6.45) is -0.456. The summed E-state index contributed by atoms with van der Waals surface area (Å²) in [7, 11) is 1.35. The smallest absolute Gasteiger partial charge is 0.414 e. The van der Waals surface area contributed by atoms with Crippen LogP contribution in [0, 0.1) is 0 Å². The lowest BCUT2D eigenvalue weighted by atomic mass is 10.0. The minimum absolute atomic E-state index is 0.204. The summed E-state index contributed by atoms with van der Waals surface area (Å²) in [5, 5.41) is 0. The summed E-state index contributed by atoms with van der Waals surface area (Å²) in [6, 6.07) is 13.0. The molecule has 2 aromatic carbocycles. The lowest BCUT2D eigenvalue weighted by Crippen LogP contribution is -2.31. The lowest BCUT2D eigenvalue weighted by molar-refractivity contribution is 0.174. The molecule has 1 amide bonds. The average molecular weight is 370 g/mol. The van der Waals surface area contributed by atoms with Crippen molar-refractivity contribution >= 4 is 23.1 Å². The number of hydrogen-bond donors (Lipinski definition) is 1. The number of carbonyl (C=O) groups is 1. The first-order valence-corrected chi connectivity index (χ1v) is 8.53. The second kappa shape index (κ2) is 8.01. The van der Waals surface area contributed by atoms with E-state index in [4.69, 9.17) is 24.9 Å². The van der Waals surface area contributed by atoms with Gasteiger partial charge < -0.3 is 19.0 Å². The monoisotopic (exact) mass is 370 g/mol. The van der Waals surface area contributed by atoms with E-state index in [1.165, 1.54) is 12.0 Å². The van der Waals surface area contributed by atoms with E-state index in [1.54, 1.807) is 0 Å². The van der Waals surface area contributed by atoms with Gasteiger partial charge in [0.15, 0.2) is 17.3 Å². The zero-order valence-electron chi connectivity index (χ0n) is 15.5. The Bertz CT molecular complexity index is 878. The Morgan fingerprint density at radius 3 is 2.63 bits per heavy atom. The minimum Gasteiger partial charge on any atom is -0.454 e. The van der Waals surface area contributed by atoms with Gasteiger partial charge in [-0.05, 0) is 43.7 Å². The number of rotatable bonds is 5. The molecule has 0 bridgehead atoms. The standard InChI is InChI=1S/C20H22N2O5/c1-4-22(20(23)24-3)16-8-6-5-7-15(16)19(27-21)13(2)14-9-10-17-18(11-14)26-12-25-17/h5-11H,4,12,21H2,1-3H3/b19-13+. The van der Waals surface area contributed by atoms with Gasteiger partial charge in [-0.15, -0.1) is 0 Å². The number of methoxy groups -OCH3 is 1. The maximum Gasteiger partial charge on any atom is 0.414 e. The summed E-state index contributed by atoms with van der Waals surface area (Å²) < 4.78 is 15.7. The van der Waals surface area contributed by atoms with Crippen molar-refractivity contribution < 1.29 is 23.8 Å². The van der Waals surface area contributed by atoms with Gasteiger partial charge in [-0.1, -0.05) is 18.2 Å². The van der Waals surface area contributed by atoms with E-state index < -0.39 is 6.09 Å². The largest absolute Gasteiger partial charge is 0.454 e. The number of amides is 1. The highest BCUT2D eigenvalue weighted by molar-refractivity contribution is 5.96. The number of fused-ring (bicyclic) bond motifs is 1. The quantitative estimate of drug-likeness (QED) is 0.490. The van der Waals surface area contributed by atoms with Crippen LogP contribution in [-0.4, -0.2) is 26.5 Å². The summed E-state index contributed by atoms with van der Waals surface area (Å²) >= 11 is 0. The Hall–Kier alpha value is -3.19. The van der Waals surface area contributed by atoms with Crippen LogP contribution in [0.5, 0.6) is 11.5 Å². The Kier molecular flexibility index (Phi) is 5.52. The maximum absolute atomic E-state index is 12.2. The first-order chi connectivity index (χ1) is 13.1. The Morgan fingerprint density at radius 1 is 1.19 bits per heavy atom. The van der Waals surface area contributed by atoms with Crippen LogP contribution >= 0.6 is 0 Å². The SMILES string of the molecule is CCN(C(=O)OC)c1ccccc1/C(ON)=C(/C)c1ccc2c(c1)OCO2.